The molecule has 0 saturated heterocycles. The highest BCUT2D eigenvalue weighted by Gasteiger charge is 2.40. The van der Waals surface area contributed by atoms with Gasteiger partial charge in [-0.1, -0.05) is 58.0 Å². The first-order valence-electron chi connectivity index (χ1n) is 7.57. The second kappa shape index (κ2) is 7.25. The van der Waals surface area contributed by atoms with E-state index in [2.05, 4.69) is 71.9 Å². The van der Waals surface area contributed by atoms with Crippen molar-refractivity contribution in [3.8, 4) is 0 Å². The molecule has 0 saturated carbocycles. The standard InChI is InChI=1S/C17H30OSi/c1-14(2)12-19(16(5)6,18-15(3)4)13-17-10-8-7-9-11-17/h7-11,14-16H,12-13H2,1-6H3. The highest BCUT2D eigenvalue weighted by molar-refractivity contribution is 6.74. The van der Waals surface area contributed by atoms with Gasteiger partial charge < -0.3 is 4.43 Å². The Bertz CT molecular complexity index is 347. The van der Waals surface area contributed by atoms with Crippen LogP contribution in [0.25, 0.3) is 0 Å². The van der Waals surface area contributed by atoms with E-state index >= 15 is 0 Å². The van der Waals surface area contributed by atoms with E-state index in [4.69, 9.17) is 4.43 Å². The van der Waals surface area contributed by atoms with E-state index in [-0.39, 0.29) is 0 Å². The van der Waals surface area contributed by atoms with Crippen LogP contribution >= 0.6 is 0 Å². The second-order valence-corrected chi connectivity index (χ2v) is 10.9. The van der Waals surface area contributed by atoms with E-state index in [0.717, 1.165) is 6.04 Å². The maximum absolute atomic E-state index is 6.55. The van der Waals surface area contributed by atoms with Gasteiger partial charge in [0.2, 0.25) is 0 Å². The average Bonchev–Trinajstić information content (AvgIpc) is 2.27. The topological polar surface area (TPSA) is 9.23 Å². The third-order valence-electron chi connectivity index (χ3n) is 3.62. The first-order chi connectivity index (χ1) is 8.85. The van der Waals surface area contributed by atoms with Gasteiger partial charge in [-0.25, -0.2) is 0 Å². The van der Waals surface area contributed by atoms with Gasteiger partial charge in [-0.05, 0) is 43.0 Å². The van der Waals surface area contributed by atoms with Gasteiger partial charge in [0.05, 0.1) is 0 Å². The van der Waals surface area contributed by atoms with Crippen LogP contribution in [0.2, 0.25) is 11.6 Å². The summed E-state index contributed by atoms with van der Waals surface area (Å²) in [6, 6.07) is 13.2. The second-order valence-electron chi connectivity index (χ2n) is 6.65. The highest BCUT2D eigenvalue weighted by Crippen LogP contribution is 2.34. The molecule has 0 bridgehead atoms. The van der Waals surface area contributed by atoms with E-state index in [9.17, 15) is 0 Å². The number of hydrogen-bond acceptors (Lipinski definition) is 1. The number of benzene rings is 1. The van der Waals surface area contributed by atoms with Gasteiger partial charge >= 0.3 is 0 Å². The summed E-state index contributed by atoms with van der Waals surface area (Å²) in [6.45, 7) is 13.7. The van der Waals surface area contributed by atoms with Gasteiger partial charge in [0, 0.05) is 6.10 Å². The Kier molecular flexibility index (Phi) is 6.28. The molecule has 1 aromatic rings. The van der Waals surface area contributed by atoms with Gasteiger partial charge in [0.1, 0.15) is 0 Å². The quantitative estimate of drug-likeness (QED) is 0.622. The maximum Gasteiger partial charge on any atom is 0.200 e. The summed E-state index contributed by atoms with van der Waals surface area (Å²) in [6.07, 6.45) is 0.330. The average molecular weight is 279 g/mol. The molecule has 0 aliphatic rings. The van der Waals surface area contributed by atoms with E-state index in [1.807, 2.05) is 0 Å². The van der Waals surface area contributed by atoms with Crippen LogP contribution in [0.4, 0.5) is 0 Å². The van der Waals surface area contributed by atoms with Crippen molar-refractivity contribution < 1.29 is 4.43 Å². The first kappa shape index (κ1) is 16.5. The lowest BCUT2D eigenvalue weighted by Gasteiger charge is -2.38. The summed E-state index contributed by atoms with van der Waals surface area (Å²) in [5.74, 6) is 0.705. The minimum atomic E-state index is -1.74. The molecule has 0 heterocycles. The smallest absolute Gasteiger partial charge is 0.200 e. The van der Waals surface area contributed by atoms with Crippen molar-refractivity contribution in [1.29, 1.82) is 0 Å². The minimum Gasteiger partial charge on any atom is -0.414 e. The van der Waals surface area contributed by atoms with Crippen LogP contribution in [0.5, 0.6) is 0 Å². The normalized spacial score (nSPS) is 15.2. The van der Waals surface area contributed by atoms with Crippen molar-refractivity contribution in [3.63, 3.8) is 0 Å². The summed E-state index contributed by atoms with van der Waals surface area (Å²) in [5, 5.41) is 0. The molecule has 0 spiro atoms. The SMILES string of the molecule is CC(C)C[Si](Cc1ccccc1)(OC(C)C)C(C)C. The van der Waals surface area contributed by atoms with Crippen molar-refractivity contribution in [2.45, 2.75) is 65.3 Å². The lowest BCUT2D eigenvalue weighted by Crippen LogP contribution is -2.47. The largest absolute Gasteiger partial charge is 0.414 e. The van der Waals surface area contributed by atoms with Crippen LogP contribution in [0.3, 0.4) is 0 Å². The lowest BCUT2D eigenvalue weighted by molar-refractivity contribution is 0.216. The molecule has 0 fully saturated rings. The molecule has 2 heteroatoms. The molecular weight excluding hydrogens is 248 g/mol. The summed E-state index contributed by atoms with van der Waals surface area (Å²) in [5.41, 5.74) is 2.08. The lowest BCUT2D eigenvalue weighted by atomic mass is 10.2. The van der Waals surface area contributed by atoms with Crippen molar-refractivity contribution >= 4 is 8.32 Å². The third kappa shape index (κ3) is 5.11. The van der Waals surface area contributed by atoms with E-state index in [1.54, 1.807) is 0 Å². The zero-order valence-corrected chi connectivity index (χ0v) is 14.4. The van der Waals surface area contributed by atoms with Crippen molar-refractivity contribution in [3.05, 3.63) is 35.9 Å². The Labute approximate surface area is 120 Å². The highest BCUT2D eigenvalue weighted by atomic mass is 28.4. The van der Waals surface area contributed by atoms with Crippen LogP contribution in [-0.4, -0.2) is 14.4 Å². The van der Waals surface area contributed by atoms with Crippen molar-refractivity contribution in [1.82, 2.24) is 0 Å². The molecule has 1 aromatic carbocycles. The van der Waals surface area contributed by atoms with Gasteiger partial charge in [-0.15, -0.1) is 0 Å². The van der Waals surface area contributed by atoms with Crippen LogP contribution < -0.4 is 0 Å². The zero-order chi connectivity index (χ0) is 14.5. The van der Waals surface area contributed by atoms with Crippen molar-refractivity contribution in [2.24, 2.45) is 5.92 Å². The molecule has 1 unspecified atom stereocenters. The van der Waals surface area contributed by atoms with E-state index < -0.39 is 8.32 Å². The number of hydrogen-bond donors (Lipinski definition) is 0. The van der Waals surface area contributed by atoms with Gasteiger partial charge in [-0.3, -0.25) is 0 Å². The summed E-state index contributed by atoms with van der Waals surface area (Å²) in [7, 11) is -1.74. The molecule has 0 amide bonds. The predicted molar refractivity (Wildman–Crippen MR) is 86.9 cm³/mol. The zero-order valence-electron chi connectivity index (χ0n) is 13.4. The molecule has 1 atom stereocenters. The van der Waals surface area contributed by atoms with Crippen LogP contribution in [0.15, 0.2) is 30.3 Å². The molecule has 0 aromatic heterocycles. The summed E-state index contributed by atoms with van der Waals surface area (Å²) >= 11 is 0. The minimum absolute atomic E-state index is 0.330. The molecule has 0 aliphatic carbocycles. The van der Waals surface area contributed by atoms with Gasteiger partial charge in [0.25, 0.3) is 0 Å². The van der Waals surface area contributed by atoms with E-state index in [0.29, 0.717) is 17.6 Å². The van der Waals surface area contributed by atoms with Crippen LogP contribution in [0.1, 0.15) is 47.1 Å². The van der Waals surface area contributed by atoms with Gasteiger partial charge in [0.15, 0.2) is 8.32 Å². The predicted octanol–water partition coefficient (Wildman–Crippen LogP) is 5.20. The Balaban J connectivity index is 3.00. The fourth-order valence-corrected chi connectivity index (χ4v) is 7.56. The number of rotatable bonds is 7. The third-order valence-corrected chi connectivity index (χ3v) is 9.18. The Morgan fingerprint density at radius 1 is 0.947 bits per heavy atom. The van der Waals surface area contributed by atoms with Crippen LogP contribution in [-0.2, 0) is 10.5 Å². The van der Waals surface area contributed by atoms with Gasteiger partial charge in [-0.2, -0.15) is 0 Å². The monoisotopic (exact) mass is 278 g/mol. The maximum atomic E-state index is 6.55. The molecule has 0 radical (unpaired) electrons. The first-order valence-corrected chi connectivity index (χ1v) is 9.97. The molecule has 0 aliphatic heterocycles. The fraction of sp³-hybridized carbons (Fsp3) is 0.647. The van der Waals surface area contributed by atoms with Crippen LogP contribution in [0, 0.1) is 5.92 Å². The fourth-order valence-electron chi connectivity index (χ4n) is 2.84. The van der Waals surface area contributed by atoms with E-state index in [1.165, 1.54) is 11.6 Å². The molecule has 108 valence electrons. The molecule has 19 heavy (non-hydrogen) atoms. The molecule has 0 N–H and O–H groups in total. The molecule has 1 rings (SSSR count). The molecular formula is C17H30OSi. The summed E-state index contributed by atoms with van der Waals surface area (Å²) in [4.78, 5) is 0. The Morgan fingerprint density at radius 3 is 1.95 bits per heavy atom. The van der Waals surface area contributed by atoms with Crippen molar-refractivity contribution in [2.75, 3.05) is 0 Å². The molecule has 1 nitrogen and oxygen atoms in total. The Morgan fingerprint density at radius 2 is 1.53 bits per heavy atom. The summed E-state index contributed by atoms with van der Waals surface area (Å²) < 4.78 is 6.55. The Hall–Kier alpha value is -0.603.